The van der Waals surface area contributed by atoms with Gasteiger partial charge in [-0.1, -0.05) is 11.5 Å². The van der Waals surface area contributed by atoms with E-state index in [0.29, 0.717) is 19.5 Å². The van der Waals surface area contributed by atoms with E-state index in [1.54, 1.807) is 38.6 Å². The zero-order chi connectivity index (χ0) is 21.2. The molecule has 0 saturated carbocycles. The average molecular weight is 395 g/mol. The Bertz CT molecular complexity index is 661. The molecule has 28 heavy (non-hydrogen) atoms. The summed E-state index contributed by atoms with van der Waals surface area (Å²) in [6, 6.07) is 2.56. The van der Waals surface area contributed by atoms with E-state index in [4.69, 9.17) is 16.2 Å². The third-order valence-electron chi connectivity index (χ3n) is 3.45. The van der Waals surface area contributed by atoms with Crippen LogP contribution in [0.1, 0.15) is 39.2 Å². The second kappa shape index (κ2) is 11.1. The summed E-state index contributed by atoms with van der Waals surface area (Å²) in [5, 5.41) is 12.8. The highest BCUT2D eigenvalue weighted by Gasteiger charge is 2.26. The van der Waals surface area contributed by atoms with Gasteiger partial charge >= 0.3 is 5.97 Å². The molecule has 6 N–H and O–H groups in total. The Morgan fingerprint density at radius 1 is 1.43 bits per heavy atom. The normalized spacial score (nSPS) is 14.2. The van der Waals surface area contributed by atoms with Gasteiger partial charge in [0.1, 0.15) is 5.60 Å². The smallest absolute Gasteiger partial charge is 0.331 e. The summed E-state index contributed by atoms with van der Waals surface area (Å²) in [4.78, 5) is 30.7. The highest BCUT2D eigenvalue weighted by molar-refractivity contribution is 5.83. The number of hydrogen-bond acceptors (Lipinski definition) is 8. The standard InChI is InChI=1S/C17H29N7O4/c1-17(2,3)28-15(25)14(22-16(19)23-24(26)27)7-6-13(18)11-21-10-12-5-4-8-20-9-12/h4-5,8-9,13-14,21H,6-7,10-11,18H2,1-3H3,(H3,19,22,23)/t13-,14?/m0/s1. The number of nitro groups is 1. The molecule has 0 aliphatic heterocycles. The van der Waals surface area contributed by atoms with Crippen LogP contribution in [-0.4, -0.2) is 46.2 Å². The number of hydrazine groups is 1. The van der Waals surface area contributed by atoms with Crippen LogP contribution in [0.5, 0.6) is 0 Å². The van der Waals surface area contributed by atoms with Crippen molar-refractivity contribution in [1.82, 2.24) is 15.7 Å². The van der Waals surface area contributed by atoms with Gasteiger partial charge in [-0.15, -0.1) is 0 Å². The van der Waals surface area contributed by atoms with E-state index in [9.17, 15) is 14.9 Å². The second-order valence-electron chi connectivity index (χ2n) is 7.26. The fourth-order valence-corrected chi connectivity index (χ4v) is 2.27. The van der Waals surface area contributed by atoms with Crippen LogP contribution in [0, 0.1) is 10.1 Å². The maximum Gasteiger partial charge on any atom is 0.331 e. The van der Waals surface area contributed by atoms with Gasteiger partial charge in [-0.25, -0.2) is 19.9 Å². The first kappa shape index (κ1) is 23.2. The number of hydrogen-bond donors (Lipinski definition) is 4. The average Bonchev–Trinajstić information content (AvgIpc) is 2.57. The van der Waals surface area contributed by atoms with Crippen molar-refractivity contribution < 1.29 is 14.6 Å². The van der Waals surface area contributed by atoms with E-state index < -0.39 is 28.6 Å². The van der Waals surface area contributed by atoms with Crippen LogP contribution in [0.2, 0.25) is 0 Å². The van der Waals surface area contributed by atoms with Gasteiger partial charge in [-0.05, 0) is 45.2 Å². The number of nitrogens with two attached hydrogens (primary N) is 2. The molecule has 11 nitrogen and oxygen atoms in total. The van der Waals surface area contributed by atoms with Gasteiger partial charge in [0.05, 0.1) is 0 Å². The quantitative estimate of drug-likeness (QED) is 0.141. The Labute approximate surface area is 164 Å². The molecule has 0 saturated heterocycles. The van der Waals surface area contributed by atoms with E-state index in [2.05, 4.69) is 15.3 Å². The number of nitrogens with one attached hydrogen (secondary N) is 2. The molecule has 1 heterocycles. The van der Waals surface area contributed by atoms with Crippen molar-refractivity contribution in [2.45, 2.75) is 57.8 Å². The number of pyridine rings is 1. The van der Waals surface area contributed by atoms with Gasteiger partial charge < -0.3 is 21.5 Å². The molecular formula is C17H29N7O4. The topological polar surface area (TPSA) is 171 Å². The summed E-state index contributed by atoms with van der Waals surface area (Å²) in [5.74, 6) is -1.08. The molecule has 0 bridgehead atoms. The van der Waals surface area contributed by atoms with Gasteiger partial charge in [-0.3, -0.25) is 4.98 Å². The van der Waals surface area contributed by atoms with Gasteiger partial charge in [-0.2, -0.15) is 0 Å². The van der Waals surface area contributed by atoms with E-state index in [1.165, 1.54) is 0 Å². The predicted octanol–water partition coefficient (Wildman–Crippen LogP) is 0.0850. The van der Waals surface area contributed by atoms with Crippen molar-refractivity contribution in [2.24, 2.45) is 16.5 Å². The second-order valence-corrected chi connectivity index (χ2v) is 7.26. The summed E-state index contributed by atoms with van der Waals surface area (Å²) in [6.45, 7) is 6.30. The molecule has 1 unspecified atom stereocenters. The maximum atomic E-state index is 12.3. The monoisotopic (exact) mass is 395 g/mol. The molecule has 0 aliphatic rings. The minimum Gasteiger partial charge on any atom is -0.458 e. The van der Waals surface area contributed by atoms with Crippen LogP contribution >= 0.6 is 0 Å². The SMILES string of the molecule is CC(C)(C)OC(=O)C(CC[C@H](N)CNCc1cccnc1)N=C(N)N[N+](=O)[O-]. The lowest BCUT2D eigenvalue weighted by atomic mass is 10.1. The highest BCUT2D eigenvalue weighted by atomic mass is 16.7. The number of guanidine groups is 1. The number of aliphatic imine (C=N–C) groups is 1. The van der Waals surface area contributed by atoms with E-state index in [-0.39, 0.29) is 12.5 Å². The Kier molecular flexibility index (Phi) is 9.25. The number of esters is 1. The van der Waals surface area contributed by atoms with Gasteiger partial charge in [0.15, 0.2) is 11.1 Å². The molecule has 156 valence electrons. The number of carbonyl (C=O) groups is 1. The minimum atomic E-state index is -0.990. The Hall–Kier alpha value is -2.79. The van der Waals surface area contributed by atoms with Crippen molar-refractivity contribution in [3.05, 3.63) is 40.2 Å². The van der Waals surface area contributed by atoms with Gasteiger partial charge in [0, 0.05) is 31.5 Å². The first-order valence-electron chi connectivity index (χ1n) is 8.89. The minimum absolute atomic E-state index is 0.241. The molecule has 0 fully saturated rings. The Balaban J connectivity index is 2.58. The molecule has 0 aliphatic carbocycles. The zero-order valence-corrected chi connectivity index (χ0v) is 16.4. The number of ether oxygens (including phenoxy) is 1. The Morgan fingerprint density at radius 3 is 2.71 bits per heavy atom. The van der Waals surface area contributed by atoms with E-state index in [0.717, 1.165) is 5.56 Å². The molecule has 0 aromatic carbocycles. The summed E-state index contributed by atoms with van der Waals surface area (Å²) >= 11 is 0. The summed E-state index contributed by atoms with van der Waals surface area (Å²) in [6.07, 6.45) is 4.15. The third kappa shape index (κ3) is 10.4. The Morgan fingerprint density at radius 2 is 2.14 bits per heavy atom. The van der Waals surface area contributed by atoms with Crippen molar-refractivity contribution in [3.8, 4) is 0 Å². The summed E-state index contributed by atoms with van der Waals surface area (Å²) in [7, 11) is 0. The number of carbonyl (C=O) groups excluding carboxylic acids is 1. The molecule has 0 radical (unpaired) electrons. The third-order valence-corrected chi connectivity index (χ3v) is 3.45. The largest absolute Gasteiger partial charge is 0.458 e. The van der Waals surface area contributed by atoms with Crippen LogP contribution in [-0.2, 0) is 16.1 Å². The lowest BCUT2D eigenvalue weighted by Crippen LogP contribution is -2.40. The van der Waals surface area contributed by atoms with Crippen molar-refractivity contribution in [3.63, 3.8) is 0 Å². The molecule has 0 amide bonds. The summed E-state index contributed by atoms with van der Waals surface area (Å²) < 4.78 is 5.31. The number of rotatable bonds is 10. The van der Waals surface area contributed by atoms with E-state index in [1.807, 2.05) is 12.1 Å². The van der Waals surface area contributed by atoms with Crippen LogP contribution in [0.25, 0.3) is 0 Å². The first-order chi connectivity index (χ1) is 13.1. The van der Waals surface area contributed by atoms with Gasteiger partial charge in [0.25, 0.3) is 5.96 Å². The lowest BCUT2D eigenvalue weighted by molar-refractivity contribution is -0.525. The first-order valence-corrected chi connectivity index (χ1v) is 8.89. The molecule has 0 spiro atoms. The molecule has 2 atom stereocenters. The van der Waals surface area contributed by atoms with E-state index >= 15 is 0 Å². The van der Waals surface area contributed by atoms with Crippen LogP contribution in [0.15, 0.2) is 29.5 Å². The maximum absolute atomic E-state index is 12.3. The van der Waals surface area contributed by atoms with Gasteiger partial charge in [0.2, 0.25) is 0 Å². The highest BCUT2D eigenvalue weighted by Crippen LogP contribution is 2.13. The molecule has 11 heteroatoms. The zero-order valence-electron chi connectivity index (χ0n) is 16.4. The molecule has 1 aromatic rings. The fourth-order valence-electron chi connectivity index (χ4n) is 2.27. The lowest BCUT2D eigenvalue weighted by Gasteiger charge is -2.23. The molecular weight excluding hydrogens is 366 g/mol. The van der Waals surface area contributed by atoms with Crippen molar-refractivity contribution >= 4 is 11.9 Å². The fraction of sp³-hybridized carbons (Fsp3) is 0.588. The molecule has 1 rings (SSSR count). The van der Waals surface area contributed by atoms with Crippen molar-refractivity contribution in [1.29, 1.82) is 0 Å². The predicted molar refractivity (Wildman–Crippen MR) is 105 cm³/mol. The number of aromatic nitrogens is 1. The number of nitrogens with zero attached hydrogens (tertiary/aromatic N) is 3. The van der Waals surface area contributed by atoms with Crippen LogP contribution < -0.4 is 22.2 Å². The van der Waals surface area contributed by atoms with Crippen molar-refractivity contribution in [2.75, 3.05) is 6.54 Å². The molecule has 1 aromatic heterocycles. The van der Waals surface area contributed by atoms with Crippen LogP contribution in [0.4, 0.5) is 0 Å². The van der Waals surface area contributed by atoms with Crippen LogP contribution in [0.3, 0.4) is 0 Å². The summed E-state index contributed by atoms with van der Waals surface area (Å²) in [5.41, 5.74) is 13.6.